The van der Waals surface area contributed by atoms with E-state index in [0.717, 1.165) is 5.56 Å². The Labute approximate surface area is 169 Å². The summed E-state index contributed by atoms with van der Waals surface area (Å²) in [6, 6.07) is 9.76. The van der Waals surface area contributed by atoms with E-state index in [0.29, 0.717) is 17.5 Å². The molecule has 115 valence electrons. The minimum absolute atomic E-state index is 0. The van der Waals surface area contributed by atoms with E-state index in [-0.39, 0.29) is 77.6 Å². The summed E-state index contributed by atoms with van der Waals surface area (Å²) < 4.78 is 0. The van der Waals surface area contributed by atoms with Gasteiger partial charge in [-0.1, -0.05) is 6.07 Å². The predicted octanol–water partition coefficient (Wildman–Crippen LogP) is 2.49. The van der Waals surface area contributed by atoms with Crippen LogP contribution in [0, 0.1) is 12.8 Å². The van der Waals surface area contributed by atoms with Crippen LogP contribution in [0.5, 0.6) is 17.2 Å². The molecule has 22 heavy (non-hydrogen) atoms. The molecule has 0 saturated heterocycles. The third-order valence-corrected chi connectivity index (χ3v) is 3.01. The first-order valence-electron chi connectivity index (χ1n) is 6.22. The smallest absolute Gasteiger partial charge is 0.101 e. The van der Waals surface area contributed by atoms with E-state index in [2.05, 4.69) is 0 Å². The molecule has 0 aromatic heterocycles. The molecule has 0 bridgehead atoms. The van der Waals surface area contributed by atoms with Crippen molar-refractivity contribution in [2.75, 3.05) is 0 Å². The molecule has 0 aliphatic rings. The Morgan fingerprint density at radius 1 is 0.909 bits per heavy atom. The van der Waals surface area contributed by atoms with Crippen LogP contribution in [-0.2, 0) is 60.4 Å². The van der Waals surface area contributed by atoms with E-state index in [1.807, 2.05) is 6.42 Å². The third kappa shape index (κ3) is 5.51. The summed E-state index contributed by atoms with van der Waals surface area (Å²) in [4.78, 5) is 0. The number of hydrogen-bond donors (Lipinski definition) is 4. The summed E-state index contributed by atoms with van der Waals surface area (Å²) in [7, 11) is 0. The van der Waals surface area contributed by atoms with Gasteiger partial charge >= 0.3 is 0 Å². The summed E-state index contributed by atoms with van der Waals surface area (Å²) in [5.74, 6) is -0.215. The molecule has 2 aromatic carbocycles. The van der Waals surface area contributed by atoms with Gasteiger partial charge in [-0.25, -0.2) is 0 Å². The maximum absolute atomic E-state index is 9.65. The fourth-order valence-corrected chi connectivity index (χ4v) is 1.89. The Morgan fingerprint density at radius 3 is 2.32 bits per heavy atom. The van der Waals surface area contributed by atoms with Crippen molar-refractivity contribution in [2.24, 2.45) is 0 Å². The average molecular weight is 545 g/mol. The number of para-hydroxylation sites is 1. The van der Waals surface area contributed by atoms with Crippen LogP contribution in [0.1, 0.15) is 23.1 Å². The van der Waals surface area contributed by atoms with Gasteiger partial charge in [0.05, 0.1) is 18.1 Å². The number of hydrogen-bond acceptors (Lipinski definition) is 4. The second-order valence-corrected chi connectivity index (χ2v) is 4.41. The number of aliphatic hydroxyl groups excluding tert-OH is 1. The molecule has 0 fully saturated rings. The summed E-state index contributed by atoms with van der Waals surface area (Å²) >= 11 is 0. The van der Waals surface area contributed by atoms with Crippen molar-refractivity contribution >= 4 is 0 Å². The Morgan fingerprint density at radius 2 is 1.64 bits per heavy atom. The topological polar surface area (TPSA) is 80.9 Å². The zero-order valence-electron chi connectivity index (χ0n) is 11.8. The molecule has 0 aliphatic carbocycles. The molecule has 0 spiro atoms. The molecule has 4 nitrogen and oxygen atoms in total. The van der Waals surface area contributed by atoms with Crippen molar-refractivity contribution in [3.63, 3.8) is 0 Å². The molecule has 0 atom stereocenters. The van der Waals surface area contributed by atoms with E-state index < -0.39 is 0 Å². The minimum atomic E-state index is -0.218. The fraction of sp³-hybridized carbons (Fsp3) is 0.125. The second-order valence-electron chi connectivity index (χ2n) is 4.41. The van der Waals surface area contributed by atoms with Crippen LogP contribution in [0.3, 0.4) is 0 Å². The van der Waals surface area contributed by atoms with Gasteiger partial charge in [0.2, 0.25) is 0 Å². The van der Waals surface area contributed by atoms with E-state index in [9.17, 15) is 15.3 Å². The molecule has 2 aromatic rings. The zero-order valence-corrected chi connectivity index (χ0v) is 17.6. The number of benzene rings is 2. The van der Waals surface area contributed by atoms with Gasteiger partial charge in [0, 0.05) is 53.8 Å². The van der Waals surface area contributed by atoms with E-state index in [1.165, 1.54) is 12.1 Å². The number of phenolic OH excluding ortho intramolecular Hbond substituents is 2. The van der Waals surface area contributed by atoms with Crippen LogP contribution >= 0.6 is 0 Å². The van der Waals surface area contributed by atoms with Gasteiger partial charge in [-0.2, -0.15) is 36.6 Å². The summed E-state index contributed by atoms with van der Waals surface area (Å²) in [6.45, 7) is -0.218. The molecule has 0 aliphatic heterocycles. The van der Waals surface area contributed by atoms with Crippen LogP contribution < -0.4 is 0 Å². The molecule has 6 heteroatoms. The van der Waals surface area contributed by atoms with Crippen LogP contribution in [0.2, 0.25) is 0 Å². The number of rotatable bonds is 5. The summed E-state index contributed by atoms with van der Waals surface area (Å²) in [6.07, 6.45) is 4.22. The van der Waals surface area contributed by atoms with Gasteiger partial charge in [0.15, 0.2) is 0 Å². The molecule has 0 amide bonds. The first-order valence-corrected chi connectivity index (χ1v) is 6.22. The van der Waals surface area contributed by atoms with Crippen molar-refractivity contribution in [1.82, 2.24) is 0 Å². The van der Waals surface area contributed by atoms with Crippen molar-refractivity contribution in [3.8, 4) is 17.2 Å². The molecular formula is C16H16O4WY-2. The van der Waals surface area contributed by atoms with Crippen molar-refractivity contribution < 1.29 is 74.2 Å². The molecule has 0 unspecified atom stereocenters. The van der Waals surface area contributed by atoms with Crippen molar-refractivity contribution in [3.05, 3.63) is 65.9 Å². The van der Waals surface area contributed by atoms with Crippen molar-refractivity contribution in [1.29, 1.82) is 0 Å². The summed E-state index contributed by atoms with van der Waals surface area (Å²) in [5.41, 5.74) is 1.89. The van der Waals surface area contributed by atoms with E-state index in [4.69, 9.17) is 5.11 Å². The Bertz CT molecular complexity index is 605. The largest absolute Gasteiger partial charge is 0.561 e. The number of phenols is 3. The minimum Gasteiger partial charge on any atom is -0.561 e. The predicted molar refractivity (Wildman–Crippen MR) is 75.2 cm³/mol. The normalized spacial score (nSPS) is 9.32. The van der Waals surface area contributed by atoms with E-state index in [1.54, 1.807) is 30.7 Å². The fourth-order valence-electron chi connectivity index (χ4n) is 1.89. The average Bonchev–Trinajstić information content (AvgIpc) is 2.45. The first kappa shape index (κ1) is 21.3. The first-order chi connectivity index (χ1) is 9.61. The molecule has 0 heterocycles. The molecule has 0 saturated carbocycles. The molecular weight excluding hydrogens is 529 g/mol. The monoisotopic (exact) mass is 545 g/mol. The standard InChI is InChI=1S/C16H16O4.W.Y/c17-10-13-9-11(7-8-14(13)18)3-1-4-12-5-2-6-15(19)16(12)20;;/h2-9,17-20H,1,10H2;;/q-2;;. The molecule has 1 radical (unpaired) electrons. The summed E-state index contributed by atoms with van der Waals surface area (Å²) in [5, 5.41) is 37.6. The molecule has 4 N–H and O–H groups in total. The SMILES string of the molecule is OCc1cc([CH-]C[CH-]c2cccc(O)c2O)ccc1O.[W].[Y]. The van der Waals surface area contributed by atoms with Gasteiger partial charge in [0.1, 0.15) is 5.75 Å². The maximum atomic E-state index is 9.65. The third-order valence-electron chi connectivity index (χ3n) is 3.01. The van der Waals surface area contributed by atoms with Gasteiger partial charge in [-0.3, -0.25) is 0 Å². The second kappa shape index (κ2) is 10.2. The zero-order chi connectivity index (χ0) is 14.5. The van der Waals surface area contributed by atoms with Gasteiger partial charge in [0.25, 0.3) is 0 Å². The number of aliphatic hydroxyl groups is 1. The Kier molecular flexibility index (Phi) is 9.86. The van der Waals surface area contributed by atoms with Crippen LogP contribution in [-0.4, -0.2) is 20.4 Å². The van der Waals surface area contributed by atoms with E-state index >= 15 is 0 Å². The van der Waals surface area contributed by atoms with Crippen molar-refractivity contribution in [2.45, 2.75) is 13.0 Å². The Hall–Kier alpha value is -0.668. The van der Waals surface area contributed by atoms with Gasteiger partial charge in [-0.05, 0) is 11.6 Å². The van der Waals surface area contributed by atoms with Gasteiger partial charge < -0.3 is 20.4 Å². The van der Waals surface area contributed by atoms with Gasteiger partial charge in [-0.15, -0.1) is 18.1 Å². The number of aromatic hydroxyl groups is 3. The van der Waals surface area contributed by atoms with Crippen LogP contribution in [0.4, 0.5) is 0 Å². The van der Waals surface area contributed by atoms with Crippen LogP contribution in [0.15, 0.2) is 36.4 Å². The maximum Gasteiger partial charge on any atom is 0.101 e. The van der Waals surface area contributed by atoms with Crippen LogP contribution in [0.25, 0.3) is 0 Å². The Balaban J connectivity index is 0.00000220. The quantitative estimate of drug-likeness (QED) is 0.344. The molecule has 2 rings (SSSR count).